The number of piperidine rings is 1. The van der Waals surface area contributed by atoms with Crippen molar-refractivity contribution in [2.45, 2.75) is 32.1 Å². The summed E-state index contributed by atoms with van der Waals surface area (Å²) in [5.74, 6) is 0.913. The van der Waals surface area contributed by atoms with Gasteiger partial charge in [-0.25, -0.2) is 9.97 Å². The maximum absolute atomic E-state index is 6.24. The van der Waals surface area contributed by atoms with Crippen LogP contribution in [0.3, 0.4) is 0 Å². The van der Waals surface area contributed by atoms with Crippen LogP contribution in [-0.4, -0.2) is 41.1 Å². The van der Waals surface area contributed by atoms with Crippen LogP contribution in [0.2, 0.25) is 0 Å². The van der Waals surface area contributed by atoms with E-state index in [2.05, 4.69) is 35.2 Å². The van der Waals surface area contributed by atoms with Gasteiger partial charge in [-0.05, 0) is 57.5 Å². The van der Waals surface area contributed by atoms with E-state index in [0.29, 0.717) is 0 Å². The van der Waals surface area contributed by atoms with Gasteiger partial charge >= 0.3 is 0 Å². The highest BCUT2D eigenvalue weighted by atomic mass is 16.5. The second kappa shape index (κ2) is 8.34. The molecule has 1 saturated heterocycles. The fraction of sp³-hybridized carbons (Fsp3) is 0.360. The summed E-state index contributed by atoms with van der Waals surface area (Å²) in [6.07, 6.45) is 6.37. The number of hydrogen-bond acceptors (Lipinski definition) is 4. The molecule has 1 aliphatic heterocycles. The predicted molar refractivity (Wildman–Crippen MR) is 120 cm³/mol. The zero-order valence-corrected chi connectivity index (χ0v) is 16.8. The zero-order chi connectivity index (χ0) is 19.5. The molecule has 148 valence electrons. The SMILES string of the molecule is c1ccc2nc3c(cc(OCCCCN4CCCCC4)c4ccccc43)nc2c1. The molecule has 29 heavy (non-hydrogen) atoms. The Morgan fingerprint density at radius 1 is 0.759 bits per heavy atom. The molecule has 0 atom stereocenters. The van der Waals surface area contributed by atoms with Gasteiger partial charge in [0.2, 0.25) is 0 Å². The molecule has 0 saturated carbocycles. The van der Waals surface area contributed by atoms with Crippen LogP contribution >= 0.6 is 0 Å². The largest absolute Gasteiger partial charge is 0.493 e. The molecular formula is C25H27N3O. The number of likely N-dealkylation sites (tertiary alicyclic amines) is 1. The molecule has 1 fully saturated rings. The normalized spacial score (nSPS) is 15.3. The number of fused-ring (bicyclic) bond motifs is 4. The number of para-hydroxylation sites is 2. The van der Waals surface area contributed by atoms with Crippen molar-refractivity contribution < 1.29 is 4.74 Å². The van der Waals surface area contributed by atoms with Crippen LogP contribution < -0.4 is 4.74 Å². The number of rotatable bonds is 6. The molecule has 0 aliphatic carbocycles. The van der Waals surface area contributed by atoms with Crippen molar-refractivity contribution in [3.63, 3.8) is 0 Å². The minimum atomic E-state index is 0.740. The Morgan fingerprint density at radius 2 is 1.48 bits per heavy atom. The van der Waals surface area contributed by atoms with E-state index in [9.17, 15) is 0 Å². The van der Waals surface area contributed by atoms with Gasteiger partial charge in [0.25, 0.3) is 0 Å². The number of hydrogen-bond donors (Lipinski definition) is 0. The topological polar surface area (TPSA) is 38.2 Å². The minimum absolute atomic E-state index is 0.740. The average molecular weight is 386 g/mol. The van der Waals surface area contributed by atoms with Crippen LogP contribution in [0.1, 0.15) is 32.1 Å². The number of unbranched alkanes of at least 4 members (excludes halogenated alkanes) is 1. The van der Waals surface area contributed by atoms with Crippen molar-refractivity contribution in [3.05, 3.63) is 54.6 Å². The van der Waals surface area contributed by atoms with Gasteiger partial charge in [0, 0.05) is 16.8 Å². The van der Waals surface area contributed by atoms with Crippen molar-refractivity contribution in [1.29, 1.82) is 0 Å². The summed E-state index contributed by atoms with van der Waals surface area (Å²) in [6, 6.07) is 18.4. The molecule has 0 spiro atoms. The number of ether oxygens (including phenoxy) is 1. The van der Waals surface area contributed by atoms with Gasteiger partial charge in [-0.3, -0.25) is 0 Å². The average Bonchev–Trinajstić information content (AvgIpc) is 2.78. The van der Waals surface area contributed by atoms with E-state index in [4.69, 9.17) is 14.7 Å². The third kappa shape index (κ3) is 3.90. The highest BCUT2D eigenvalue weighted by molar-refractivity contribution is 6.08. The van der Waals surface area contributed by atoms with Gasteiger partial charge in [0.05, 0.1) is 28.7 Å². The third-order valence-electron chi connectivity index (χ3n) is 5.89. The third-order valence-corrected chi connectivity index (χ3v) is 5.89. The molecular weight excluding hydrogens is 358 g/mol. The molecule has 1 aliphatic rings. The quantitative estimate of drug-likeness (QED) is 0.247. The van der Waals surface area contributed by atoms with E-state index in [1.165, 1.54) is 45.3 Å². The maximum atomic E-state index is 6.24. The summed E-state index contributed by atoms with van der Waals surface area (Å²) in [5, 5.41) is 2.21. The first-order chi connectivity index (χ1) is 14.4. The van der Waals surface area contributed by atoms with Gasteiger partial charge in [-0.2, -0.15) is 0 Å². The van der Waals surface area contributed by atoms with Gasteiger partial charge in [-0.1, -0.05) is 42.8 Å². The highest BCUT2D eigenvalue weighted by Crippen LogP contribution is 2.32. The summed E-state index contributed by atoms with van der Waals surface area (Å²) < 4.78 is 6.24. The smallest absolute Gasteiger partial charge is 0.129 e. The molecule has 0 unspecified atom stereocenters. The van der Waals surface area contributed by atoms with Crippen molar-refractivity contribution in [3.8, 4) is 5.75 Å². The zero-order valence-electron chi connectivity index (χ0n) is 16.8. The summed E-state index contributed by atoms with van der Waals surface area (Å²) in [7, 11) is 0. The lowest BCUT2D eigenvalue weighted by molar-refractivity contribution is 0.216. The van der Waals surface area contributed by atoms with Gasteiger partial charge < -0.3 is 9.64 Å². The standard InChI is InChI=1S/C25H27N3O/c1-6-14-28(15-7-1)16-8-9-17-29-24-18-23-25(20-11-3-2-10-19(20)24)27-22-13-5-4-12-21(22)26-23/h2-5,10-13,18H,1,6-9,14-17H2. The molecule has 4 heteroatoms. The molecule has 1 aromatic heterocycles. The monoisotopic (exact) mass is 385 g/mol. The van der Waals surface area contributed by atoms with Gasteiger partial charge in [0.1, 0.15) is 5.75 Å². The van der Waals surface area contributed by atoms with Crippen LogP contribution in [0.15, 0.2) is 54.6 Å². The van der Waals surface area contributed by atoms with Crippen LogP contribution in [0.25, 0.3) is 32.8 Å². The van der Waals surface area contributed by atoms with E-state index in [1.807, 2.05) is 24.3 Å². The molecule has 5 rings (SSSR count). The van der Waals surface area contributed by atoms with E-state index in [-0.39, 0.29) is 0 Å². The van der Waals surface area contributed by atoms with Crippen molar-refractivity contribution in [1.82, 2.24) is 14.9 Å². The number of aromatic nitrogens is 2. The second-order valence-corrected chi connectivity index (χ2v) is 7.96. The van der Waals surface area contributed by atoms with E-state index in [1.54, 1.807) is 0 Å². The minimum Gasteiger partial charge on any atom is -0.493 e. The van der Waals surface area contributed by atoms with E-state index >= 15 is 0 Å². The maximum Gasteiger partial charge on any atom is 0.129 e. The molecule has 4 nitrogen and oxygen atoms in total. The Kier molecular flexibility index (Phi) is 5.27. The first kappa shape index (κ1) is 18.3. The van der Waals surface area contributed by atoms with Gasteiger partial charge in [0.15, 0.2) is 0 Å². The molecule has 3 aromatic carbocycles. The summed E-state index contributed by atoms with van der Waals surface area (Å²) in [5.41, 5.74) is 3.68. The van der Waals surface area contributed by atoms with Crippen molar-refractivity contribution in [2.75, 3.05) is 26.2 Å². The number of benzene rings is 3. The lowest BCUT2D eigenvalue weighted by Gasteiger charge is -2.26. The number of nitrogens with zero attached hydrogens (tertiary/aromatic N) is 3. The molecule has 0 bridgehead atoms. The summed E-state index contributed by atoms with van der Waals surface area (Å²) >= 11 is 0. The fourth-order valence-electron chi connectivity index (χ4n) is 4.34. The van der Waals surface area contributed by atoms with Crippen molar-refractivity contribution >= 4 is 32.8 Å². The summed E-state index contributed by atoms with van der Waals surface area (Å²) in [6.45, 7) is 4.47. The Hall–Kier alpha value is -2.72. The molecule has 0 radical (unpaired) electrons. The van der Waals surface area contributed by atoms with Crippen LogP contribution in [0.4, 0.5) is 0 Å². The van der Waals surface area contributed by atoms with Crippen molar-refractivity contribution in [2.24, 2.45) is 0 Å². The first-order valence-corrected chi connectivity index (χ1v) is 10.8. The Labute approximate surface area is 171 Å². The van der Waals surface area contributed by atoms with Gasteiger partial charge in [-0.15, -0.1) is 0 Å². The predicted octanol–water partition coefficient (Wildman–Crippen LogP) is 5.58. The molecule has 2 heterocycles. The van der Waals surface area contributed by atoms with Crippen LogP contribution in [0.5, 0.6) is 5.75 Å². The van der Waals surface area contributed by atoms with Crippen LogP contribution in [-0.2, 0) is 0 Å². The molecule has 0 N–H and O–H groups in total. The summed E-state index contributed by atoms with van der Waals surface area (Å²) in [4.78, 5) is 12.3. The van der Waals surface area contributed by atoms with E-state index in [0.717, 1.165) is 51.6 Å². The Bertz CT molecular complexity index is 1130. The highest BCUT2D eigenvalue weighted by Gasteiger charge is 2.12. The second-order valence-electron chi connectivity index (χ2n) is 7.96. The van der Waals surface area contributed by atoms with E-state index < -0.39 is 0 Å². The lowest BCUT2D eigenvalue weighted by Crippen LogP contribution is -2.30. The Balaban J connectivity index is 1.37. The lowest BCUT2D eigenvalue weighted by atomic mass is 10.1. The molecule has 0 amide bonds. The van der Waals surface area contributed by atoms with Crippen LogP contribution in [0, 0.1) is 0 Å². The molecule has 4 aromatic rings. The first-order valence-electron chi connectivity index (χ1n) is 10.8. The fourth-order valence-corrected chi connectivity index (χ4v) is 4.34. The Morgan fingerprint density at radius 3 is 2.31 bits per heavy atom.